The summed E-state index contributed by atoms with van der Waals surface area (Å²) in [4.78, 5) is 22.4. The molecule has 166 valence electrons. The Hall–Kier alpha value is -3.46. The summed E-state index contributed by atoms with van der Waals surface area (Å²) in [7, 11) is 1.82. The van der Waals surface area contributed by atoms with Crippen molar-refractivity contribution in [3.63, 3.8) is 0 Å². The highest BCUT2D eigenvalue weighted by Crippen LogP contribution is 2.44. The summed E-state index contributed by atoms with van der Waals surface area (Å²) in [5.41, 5.74) is 3.30. The summed E-state index contributed by atoms with van der Waals surface area (Å²) in [6, 6.07) is 6.13. The van der Waals surface area contributed by atoms with E-state index in [-0.39, 0.29) is 24.0 Å². The van der Waals surface area contributed by atoms with E-state index in [9.17, 15) is 9.90 Å². The highest BCUT2D eigenvalue weighted by molar-refractivity contribution is 6.01. The van der Waals surface area contributed by atoms with Crippen molar-refractivity contribution in [3.05, 3.63) is 42.4 Å². The lowest BCUT2D eigenvalue weighted by atomic mass is 10.1. The number of pyridine rings is 1. The van der Waals surface area contributed by atoms with E-state index in [1.54, 1.807) is 16.9 Å². The summed E-state index contributed by atoms with van der Waals surface area (Å²) in [6.45, 7) is 4.77. The lowest BCUT2D eigenvalue weighted by Crippen LogP contribution is -2.31. The molecule has 3 N–H and O–H groups in total. The molecular weight excluding hydrogens is 406 g/mol. The minimum Gasteiger partial charge on any atom is -0.396 e. The molecular formula is C23H27N7O2. The first kappa shape index (κ1) is 20.4. The quantitative estimate of drug-likeness (QED) is 0.413. The van der Waals surface area contributed by atoms with Gasteiger partial charge in [-0.25, -0.2) is 9.97 Å². The van der Waals surface area contributed by atoms with Crippen molar-refractivity contribution in [2.45, 2.75) is 32.7 Å². The number of hydrogen-bond donors (Lipinski definition) is 3. The average Bonchev–Trinajstić information content (AvgIpc) is 3.29. The number of anilines is 1. The van der Waals surface area contributed by atoms with Crippen molar-refractivity contribution in [3.8, 4) is 11.3 Å². The third-order valence-electron chi connectivity index (χ3n) is 6.31. The van der Waals surface area contributed by atoms with Crippen molar-refractivity contribution in [1.82, 2.24) is 29.5 Å². The van der Waals surface area contributed by atoms with E-state index in [1.807, 2.05) is 25.2 Å². The van der Waals surface area contributed by atoms with Crippen LogP contribution in [0.2, 0.25) is 0 Å². The molecule has 32 heavy (non-hydrogen) atoms. The molecule has 0 aliphatic heterocycles. The average molecular weight is 434 g/mol. The van der Waals surface area contributed by atoms with E-state index in [4.69, 9.17) is 4.98 Å². The Morgan fingerprint density at radius 1 is 1.31 bits per heavy atom. The van der Waals surface area contributed by atoms with Crippen LogP contribution >= 0.6 is 0 Å². The second-order valence-corrected chi connectivity index (χ2v) is 8.83. The Labute approximate surface area is 185 Å². The van der Waals surface area contributed by atoms with E-state index >= 15 is 0 Å². The molecule has 4 aromatic rings. The number of carbonyl (C=O) groups is 1. The Balaban J connectivity index is 1.60. The summed E-state index contributed by atoms with van der Waals surface area (Å²) in [6.07, 6.45) is 7.26. The molecule has 1 fully saturated rings. The van der Waals surface area contributed by atoms with Crippen LogP contribution in [-0.2, 0) is 0 Å². The van der Waals surface area contributed by atoms with Gasteiger partial charge in [0.2, 0.25) is 0 Å². The molecule has 5 rings (SSSR count). The highest BCUT2D eigenvalue weighted by Gasteiger charge is 2.42. The Morgan fingerprint density at radius 3 is 2.81 bits per heavy atom. The van der Waals surface area contributed by atoms with Crippen LogP contribution in [0.1, 0.15) is 43.1 Å². The second kappa shape index (κ2) is 7.59. The van der Waals surface area contributed by atoms with Gasteiger partial charge in [-0.3, -0.25) is 4.79 Å². The first-order valence-electron chi connectivity index (χ1n) is 10.9. The number of aliphatic hydroxyl groups is 1. The molecule has 1 aliphatic carbocycles. The maximum absolute atomic E-state index is 12.9. The molecule has 0 unspecified atom stereocenters. The van der Waals surface area contributed by atoms with Crippen LogP contribution in [0.3, 0.4) is 0 Å². The van der Waals surface area contributed by atoms with E-state index in [0.29, 0.717) is 17.8 Å². The maximum atomic E-state index is 12.9. The van der Waals surface area contributed by atoms with Gasteiger partial charge in [-0.15, -0.1) is 0 Å². The van der Waals surface area contributed by atoms with E-state index in [1.165, 1.54) is 0 Å². The maximum Gasteiger partial charge on any atom is 0.256 e. The van der Waals surface area contributed by atoms with Gasteiger partial charge in [0.15, 0.2) is 5.65 Å². The number of aliphatic hydroxyl groups excluding tert-OH is 1. The molecule has 1 aliphatic rings. The number of hydrogen-bond acceptors (Lipinski definition) is 6. The fourth-order valence-corrected chi connectivity index (χ4v) is 4.05. The number of nitrogens with one attached hydrogen (secondary N) is 2. The molecule has 0 saturated heterocycles. The molecule has 1 amide bonds. The monoisotopic (exact) mass is 433 g/mol. The second-order valence-electron chi connectivity index (χ2n) is 8.83. The van der Waals surface area contributed by atoms with Crippen LogP contribution in [0.25, 0.3) is 27.9 Å². The first-order chi connectivity index (χ1) is 15.5. The Kier molecular flexibility index (Phi) is 4.85. The largest absolute Gasteiger partial charge is 0.396 e. The number of carbonyl (C=O) groups excluding carboxylic acids is 1. The lowest BCUT2D eigenvalue weighted by Gasteiger charge is -2.12. The minimum atomic E-state index is -0.238. The van der Waals surface area contributed by atoms with Crippen molar-refractivity contribution in [2.24, 2.45) is 5.41 Å². The Morgan fingerprint density at radius 2 is 2.12 bits per heavy atom. The van der Waals surface area contributed by atoms with Crippen LogP contribution < -0.4 is 10.6 Å². The number of aromatic nitrogens is 5. The molecule has 0 atom stereocenters. The first-order valence-corrected chi connectivity index (χ1v) is 10.9. The zero-order valence-electron chi connectivity index (χ0n) is 18.5. The van der Waals surface area contributed by atoms with Gasteiger partial charge < -0.3 is 20.3 Å². The predicted octanol–water partition coefficient (Wildman–Crippen LogP) is 2.87. The molecule has 9 heteroatoms. The van der Waals surface area contributed by atoms with Crippen LogP contribution in [0.4, 0.5) is 5.82 Å². The number of amides is 1. The highest BCUT2D eigenvalue weighted by atomic mass is 16.3. The molecule has 1 saturated carbocycles. The Bertz CT molecular complexity index is 1320. The smallest absolute Gasteiger partial charge is 0.256 e. The topological polar surface area (TPSA) is 109 Å². The summed E-state index contributed by atoms with van der Waals surface area (Å²) >= 11 is 0. The third-order valence-corrected chi connectivity index (χ3v) is 6.31. The van der Waals surface area contributed by atoms with Gasteiger partial charge in [0, 0.05) is 54.5 Å². The predicted molar refractivity (Wildman–Crippen MR) is 123 cm³/mol. The molecule has 4 heterocycles. The molecule has 9 nitrogen and oxygen atoms in total. The van der Waals surface area contributed by atoms with E-state index in [2.05, 4.69) is 45.3 Å². The van der Waals surface area contributed by atoms with Crippen molar-refractivity contribution in [2.75, 3.05) is 25.5 Å². The van der Waals surface area contributed by atoms with Gasteiger partial charge in [0.05, 0.1) is 18.5 Å². The van der Waals surface area contributed by atoms with Gasteiger partial charge >= 0.3 is 0 Å². The zero-order chi connectivity index (χ0) is 22.5. The third kappa shape index (κ3) is 3.29. The zero-order valence-corrected chi connectivity index (χ0v) is 18.5. The van der Waals surface area contributed by atoms with Crippen molar-refractivity contribution >= 4 is 28.4 Å². The molecule has 0 spiro atoms. The minimum absolute atomic E-state index is 0.0856. The fourth-order valence-electron chi connectivity index (χ4n) is 4.05. The van der Waals surface area contributed by atoms with Crippen molar-refractivity contribution in [1.29, 1.82) is 0 Å². The SMILES string of the molecule is CNc1cc(-c2cn(C(C)C)c3ncccc23)nc2c(C(=O)NCC3(CO)CC3)cnn12. The van der Waals surface area contributed by atoms with Crippen LogP contribution in [-0.4, -0.2) is 55.4 Å². The van der Waals surface area contributed by atoms with Gasteiger partial charge in [0.25, 0.3) is 5.91 Å². The molecule has 0 aromatic carbocycles. The summed E-state index contributed by atoms with van der Waals surface area (Å²) in [5, 5.41) is 21.0. The van der Waals surface area contributed by atoms with Crippen LogP contribution in [0.5, 0.6) is 0 Å². The normalized spacial score (nSPS) is 14.9. The van der Waals surface area contributed by atoms with E-state index in [0.717, 1.165) is 41.0 Å². The lowest BCUT2D eigenvalue weighted by molar-refractivity contribution is 0.0936. The van der Waals surface area contributed by atoms with E-state index < -0.39 is 0 Å². The number of fused-ring (bicyclic) bond motifs is 2. The summed E-state index contributed by atoms with van der Waals surface area (Å²) < 4.78 is 3.76. The molecule has 0 radical (unpaired) electrons. The number of nitrogens with zero attached hydrogens (tertiary/aromatic N) is 5. The van der Waals surface area contributed by atoms with Crippen molar-refractivity contribution < 1.29 is 9.90 Å². The standard InChI is InChI=1S/C23H27N7O2/c1-14(2)29-11-17(15-5-4-8-25-20(15)29)18-9-19(24-3)30-21(28-18)16(10-27-30)22(32)26-12-23(13-31)6-7-23/h4-5,8-11,14,24,31H,6-7,12-13H2,1-3H3,(H,26,32). The van der Waals surface area contributed by atoms with Gasteiger partial charge in [-0.05, 0) is 38.8 Å². The van der Waals surface area contributed by atoms with Crippen LogP contribution in [0.15, 0.2) is 36.8 Å². The fraction of sp³-hybridized carbons (Fsp3) is 0.391. The van der Waals surface area contributed by atoms with Gasteiger partial charge in [0.1, 0.15) is 17.0 Å². The van der Waals surface area contributed by atoms with Crippen LogP contribution in [0, 0.1) is 5.41 Å². The molecule has 4 aromatic heterocycles. The van der Waals surface area contributed by atoms with Gasteiger partial charge in [-0.1, -0.05) is 0 Å². The summed E-state index contributed by atoms with van der Waals surface area (Å²) in [5.74, 6) is 0.491. The number of rotatable bonds is 7. The molecule has 0 bridgehead atoms. The van der Waals surface area contributed by atoms with Gasteiger partial charge in [-0.2, -0.15) is 9.61 Å².